The van der Waals surface area contributed by atoms with Crippen LogP contribution in [-0.2, 0) is 5.88 Å². The predicted molar refractivity (Wildman–Crippen MR) is 62.4 cm³/mol. The maximum Gasteiger partial charge on any atom is 0.261 e. The molecule has 0 aliphatic rings. The second-order valence-corrected chi connectivity index (χ2v) is 3.48. The van der Waals surface area contributed by atoms with Crippen LogP contribution >= 0.6 is 11.6 Å². The van der Waals surface area contributed by atoms with Gasteiger partial charge in [0.05, 0.1) is 25.7 Å². The number of aromatic nitrogens is 2. The number of hydrogen-bond donors (Lipinski definition) is 0. The Balaban J connectivity index is 2.43. The molecule has 0 saturated heterocycles. The summed E-state index contributed by atoms with van der Waals surface area (Å²) in [5.74, 6) is 2.33. The third-order valence-electron chi connectivity index (χ3n) is 2.23. The molecule has 2 rings (SSSR count). The molecule has 0 fully saturated rings. The van der Waals surface area contributed by atoms with Gasteiger partial charge in [0.25, 0.3) is 5.89 Å². The first kappa shape index (κ1) is 11.7. The van der Waals surface area contributed by atoms with Crippen molar-refractivity contribution in [2.75, 3.05) is 14.2 Å². The number of alkyl halides is 1. The van der Waals surface area contributed by atoms with Gasteiger partial charge in [0.1, 0.15) is 11.5 Å². The minimum absolute atomic E-state index is 0.210. The molecule has 5 nitrogen and oxygen atoms in total. The Morgan fingerprint density at radius 3 is 2.71 bits per heavy atom. The number of methoxy groups -OCH3 is 2. The lowest BCUT2D eigenvalue weighted by Crippen LogP contribution is -1.90. The molecule has 0 spiro atoms. The van der Waals surface area contributed by atoms with Crippen LogP contribution < -0.4 is 9.47 Å². The summed E-state index contributed by atoms with van der Waals surface area (Å²) in [7, 11) is 3.16. The molecule has 0 unspecified atom stereocenters. The standard InChI is InChI=1S/C11H11ClN2O3/c1-15-7-3-4-8(9(5-7)16-2)11-13-10(6-12)14-17-11/h3-5H,6H2,1-2H3. The third-order valence-corrected chi connectivity index (χ3v) is 2.47. The van der Waals surface area contributed by atoms with E-state index in [1.807, 2.05) is 0 Å². The van der Waals surface area contributed by atoms with Crippen LogP contribution in [0.25, 0.3) is 11.5 Å². The van der Waals surface area contributed by atoms with Crippen molar-refractivity contribution < 1.29 is 14.0 Å². The molecule has 0 bridgehead atoms. The maximum absolute atomic E-state index is 5.61. The van der Waals surface area contributed by atoms with Gasteiger partial charge < -0.3 is 14.0 Å². The van der Waals surface area contributed by atoms with E-state index in [0.29, 0.717) is 28.8 Å². The van der Waals surface area contributed by atoms with Crippen molar-refractivity contribution in [2.45, 2.75) is 5.88 Å². The lowest BCUT2D eigenvalue weighted by atomic mass is 10.2. The average molecular weight is 255 g/mol. The van der Waals surface area contributed by atoms with Gasteiger partial charge in [0, 0.05) is 6.07 Å². The monoisotopic (exact) mass is 254 g/mol. The van der Waals surface area contributed by atoms with Crippen LogP contribution in [0.3, 0.4) is 0 Å². The summed E-state index contributed by atoms with van der Waals surface area (Å²) in [6.07, 6.45) is 0. The highest BCUT2D eigenvalue weighted by molar-refractivity contribution is 6.16. The first-order chi connectivity index (χ1) is 8.28. The Labute approximate surface area is 103 Å². The van der Waals surface area contributed by atoms with Crippen LogP contribution in [-0.4, -0.2) is 24.4 Å². The van der Waals surface area contributed by atoms with Crippen molar-refractivity contribution in [1.29, 1.82) is 0 Å². The maximum atomic E-state index is 5.61. The lowest BCUT2D eigenvalue weighted by Gasteiger charge is -2.06. The van der Waals surface area contributed by atoms with Gasteiger partial charge >= 0.3 is 0 Å². The Morgan fingerprint density at radius 2 is 2.12 bits per heavy atom. The van der Waals surface area contributed by atoms with Gasteiger partial charge in [-0.2, -0.15) is 4.98 Å². The smallest absolute Gasteiger partial charge is 0.261 e. The predicted octanol–water partition coefficient (Wildman–Crippen LogP) is 2.49. The van der Waals surface area contributed by atoms with E-state index in [9.17, 15) is 0 Å². The van der Waals surface area contributed by atoms with Gasteiger partial charge in [-0.25, -0.2) is 0 Å². The Morgan fingerprint density at radius 1 is 1.29 bits per heavy atom. The fraction of sp³-hybridized carbons (Fsp3) is 0.273. The minimum Gasteiger partial charge on any atom is -0.497 e. The van der Waals surface area contributed by atoms with E-state index in [1.54, 1.807) is 32.4 Å². The number of ether oxygens (including phenoxy) is 2. The zero-order valence-electron chi connectivity index (χ0n) is 9.44. The number of benzene rings is 1. The summed E-state index contributed by atoms with van der Waals surface area (Å²) >= 11 is 5.61. The molecular weight excluding hydrogens is 244 g/mol. The Kier molecular flexibility index (Phi) is 3.49. The molecular formula is C11H11ClN2O3. The zero-order valence-corrected chi connectivity index (χ0v) is 10.2. The second-order valence-electron chi connectivity index (χ2n) is 3.22. The minimum atomic E-state index is 0.210. The first-order valence-electron chi connectivity index (χ1n) is 4.89. The summed E-state index contributed by atoms with van der Waals surface area (Å²) in [6, 6.07) is 5.34. The van der Waals surface area contributed by atoms with Crippen molar-refractivity contribution in [3.8, 4) is 23.0 Å². The average Bonchev–Trinajstić information content (AvgIpc) is 2.86. The highest BCUT2D eigenvalue weighted by Gasteiger charge is 2.14. The van der Waals surface area contributed by atoms with Crippen molar-refractivity contribution >= 4 is 11.6 Å². The quantitative estimate of drug-likeness (QED) is 0.785. The van der Waals surface area contributed by atoms with Gasteiger partial charge in [0.15, 0.2) is 5.82 Å². The van der Waals surface area contributed by atoms with Gasteiger partial charge in [-0.3, -0.25) is 0 Å². The lowest BCUT2D eigenvalue weighted by molar-refractivity contribution is 0.390. The van der Waals surface area contributed by atoms with Gasteiger partial charge in [-0.15, -0.1) is 11.6 Å². The van der Waals surface area contributed by atoms with Crippen molar-refractivity contribution in [3.63, 3.8) is 0 Å². The number of halogens is 1. The molecule has 0 saturated carbocycles. The fourth-order valence-electron chi connectivity index (χ4n) is 1.39. The molecule has 1 heterocycles. The SMILES string of the molecule is COc1ccc(-c2nc(CCl)no2)c(OC)c1. The summed E-state index contributed by atoms with van der Waals surface area (Å²) in [5.41, 5.74) is 0.706. The summed E-state index contributed by atoms with van der Waals surface area (Å²) in [6.45, 7) is 0. The van der Waals surface area contributed by atoms with E-state index in [-0.39, 0.29) is 5.88 Å². The number of nitrogens with zero attached hydrogens (tertiary/aromatic N) is 2. The number of rotatable bonds is 4. The number of hydrogen-bond acceptors (Lipinski definition) is 5. The zero-order chi connectivity index (χ0) is 12.3. The van der Waals surface area contributed by atoms with Crippen LogP contribution in [0.2, 0.25) is 0 Å². The van der Waals surface area contributed by atoms with Crippen molar-refractivity contribution in [1.82, 2.24) is 10.1 Å². The molecule has 0 aliphatic heterocycles. The largest absolute Gasteiger partial charge is 0.497 e. The molecule has 0 radical (unpaired) electrons. The summed E-state index contributed by atoms with van der Waals surface area (Å²) in [5, 5.41) is 3.72. The summed E-state index contributed by atoms with van der Waals surface area (Å²) in [4.78, 5) is 4.13. The normalized spacial score (nSPS) is 10.3. The highest BCUT2D eigenvalue weighted by Crippen LogP contribution is 2.32. The third kappa shape index (κ3) is 2.34. The van der Waals surface area contributed by atoms with Crippen LogP contribution in [0, 0.1) is 0 Å². The van der Waals surface area contributed by atoms with Gasteiger partial charge in [-0.1, -0.05) is 5.16 Å². The molecule has 0 atom stereocenters. The van der Waals surface area contributed by atoms with Crippen molar-refractivity contribution in [3.05, 3.63) is 24.0 Å². The molecule has 0 aliphatic carbocycles. The Hall–Kier alpha value is -1.75. The molecule has 0 amide bonds. The van der Waals surface area contributed by atoms with E-state index < -0.39 is 0 Å². The van der Waals surface area contributed by atoms with Crippen LogP contribution in [0.1, 0.15) is 5.82 Å². The summed E-state index contributed by atoms with van der Waals surface area (Å²) < 4.78 is 15.4. The Bertz CT molecular complexity index is 513. The molecule has 2 aromatic rings. The molecule has 6 heteroatoms. The first-order valence-corrected chi connectivity index (χ1v) is 5.43. The van der Waals surface area contributed by atoms with E-state index in [2.05, 4.69) is 10.1 Å². The van der Waals surface area contributed by atoms with Gasteiger partial charge in [0.2, 0.25) is 0 Å². The van der Waals surface area contributed by atoms with Crippen LogP contribution in [0.5, 0.6) is 11.5 Å². The van der Waals surface area contributed by atoms with Crippen LogP contribution in [0.4, 0.5) is 0 Å². The van der Waals surface area contributed by atoms with E-state index >= 15 is 0 Å². The molecule has 17 heavy (non-hydrogen) atoms. The van der Waals surface area contributed by atoms with E-state index in [1.165, 1.54) is 0 Å². The van der Waals surface area contributed by atoms with Crippen molar-refractivity contribution in [2.24, 2.45) is 0 Å². The van der Waals surface area contributed by atoms with Gasteiger partial charge in [-0.05, 0) is 12.1 Å². The van der Waals surface area contributed by atoms with E-state index in [0.717, 1.165) is 0 Å². The second kappa shape index (κ2) is 5.05. The molecule has 1 aromatic carbocycles. The fourth-order valence-corrected chi connectivity index (χ4v) is 1.50. The topological polar surface area (TPSA) is 57.4 Å². The van der Waals surface area contributed by atoms with Crippen LogP contribution in [0.15, 0.2) is 22.7 Å². The highest BCUT2D eigenvalue weighted by atomic mass is 35.5. The van der Waals surface area contributed by atoms with E-state index in [4.69, 9.17) is 25.6 Å². The molecule has 90 valence electrons. The molecule has 1 aromatic heterocycles. The molecule has 0 N–H and O–H groups in total.